The summed E-state index contributed by atoms with van der Waals surface area (Å²) in [6, 6.07) is 4.14. The van der Waals surface area contributed by atoms with Gasteiger partial charge in [0.25, 0.3) is 0 Å². The van der Waals surface area contributed by atoms with Gasteiger partial charge in [0.15, 0.2) is 0 Å². The van der Waals surface area contributed by atoms with Crippen LogP contribution in [0.4, 0.5) is 4.39 Å². The third kappa shape index (κ3) is 6.41. The molecule has 1 aromatic carbocycles. The highest BCUT2D eigenvalue weighted by Gasteiger charge is 2.17. The second kappa shape index (κ2) is 9.38. The van der Waals surface area contributed by atoms with Crippen LogP contribution in [-0.2, 0) is 16.1 Å². The molecule has 0 unspecified atom stereocenters. The minimum absolute atomic E-state index is 0. The third-order valence-electron chi connectivity index (χ3n) is 3.17. The minimum Gasteiger partial charge on any atom is -0.350 e. The lowest BCUT2D eigenvalue weighted by atomic mass is 10.1. The summed E-state index contributed by atoms with van der Waals surface area (Å²) in [6.07, 6.45) is 0. The maximum absolute atomic E-state index is 13.3. The van der Waals surface area contributed by atoms with Crippen molar-refractivity contribution in [3.8, 4) is 0 Å². The first-order chi connectivity index (χ1) is 9.81. The summed E-state index contributed by atoms with van der Waals surface area (Å²) in [5.74, 6) is -1.01. The molecule has 1 rings (SSSR count). The molecule has 0 heterocycles. The monoisotopic (exact) mass is 331 g/mol. The van der Waals surface area contributed by atoms with E-state index in [4.69, 9.17) is 5.73 Å². The highest BCUT2D eigenvalue weighted by atomic mass is 35.5. The summed E-state index contributed by atoms with van der Waals surface area (Å²) in [7, 11) is 0. The molecule has 124 valence electrons. The van der Waals surface area contributed by atoms with Gasteiger partial charge >= 0.3 is 0 Å². The van der Waals surface area contributed by atoms with Crippen LogP contribution in [0.15, 0.2) is 18.2 Å². The van der Waals surface area contributed by atoms with E-state index in [2.05, 4.69) is 10.6 Å². The van der Waals surface area contributed by atoms with Crippen LogP contribution in [0, 0.1) is 18.7 Å². The molecule has 0 aromatic heterocycles. The molecular weight excluding hydrogens is 309 g/mol. The summed E-state index contributed by atoms with van der Waals surface area (Å²) < 4.78 is 13.3. The van der Waals surface area contributed by atoms with E-state index in [9.17, 15) is 14.0 Å². The van der Waals surface area contributed by atoms with Crippen molar-refractivity contribution in [2.24, 2.45) is 11.7 Å². The Morgan fingerprint density at radius 1 is 1.27 bits per heavy atom. The smallest absolute Gasteiger partial charge is 0.239 e. The molecule has 0 fully saturated rings. The van der Waals surface area contributed by atoms with E-state index in [1.807, 2.05) is 13.8 Å². The third-order valence-corrected chi connectivity index (χ3v) is 3.17. The first-order valence-electron chi connectivity index (χ1n) is 6.86. The number of halogens is 2. The van der Waals surface area contributed by atoms with E-state index in [0.717, 1.165) is 0 Å². The standard InChI is InChI=1S/C15H22FN3O2.ClH/c1-9(2)14(17)15(21)19-8-13(20)18-7-11-5-4-10(3)12(16)6-11;/h4-6,9,14H,7-8,17H2,1-3H3,(H,18,20)(H,19,21);1H/t14-;/m0./s1. The summed E-state index contributed by atoms with van der Waals surface area (Å²) in [5.41, 5.74) is 6.88. The zero-order valence-corrected chi connectivity index (χ0v) is 13.8. The van der Waals surface area contributed by atoms with Crippen molar-refractivity contribution in [3.63, 3.8) is 0 Å². The van der Waals surface area contributed by atoms with Crippen molar-refractivity contribution in [3.05, 3.63) is 35.1 Å². The highest BCUT2D eigenvalue weighted by Crippen LogP contribution is 2.08. The lowest BCUT2D eigenvalue weighted by molar-refractivity contribution is -0.127. The maximum atomic E-state index is 13.3. The van der Waals surface area contributed by atoms with Gasteiger partial charge in [-0.1, -0.05) is 26.0 Å². The number of carbonyl (C=O) groups is 2. The van der Waals surface area contributed by atoms with Gasteiger partial charge in [-0.05, 0) is 30.0 Å². The Labute approximate surface area is 136 Å². The lowest BCUT2D eigenvalue weighted by Crippen LogP contribution is -2.47. The number of carbonyl (C=O) groups excluding carboxylic acids is 2. The Balaban J connectivity index is 0.00000441. The minimum atomic E-state index is -0.635. The maximum Gasteiger partial charge on any atom is 0.239 e. The number of benzene rings is 1. The molecule has 1 atom stereocenters. The van der Waals surface area contributed by atoms with Crippen molar-refractivity contribution < 1.29 is 14.0 Å². The van der Waals surface area contributed by atoms with Gasteiger partial charge in [0, 0.05) is 6.54 Å². The number of nitrogens with two attached hydrogens (primary N) is 1. The van der Waals surface area contributed by atoms with Crippen LogP contribution in [0.2, 0.25) is 0 Å². The first-order valence-corrected chi connectivity index (χ1v) is 6.86. The molecule has 5 nitrogen and oxygen atoms in total. The van der Waals surface area contributed by atoms with E-state index in [-0.39, 0.29) is 49.0 Å². The van der Waals surface area contributed by atoms with Gasteiger partial charge in [-0.15, -0.1) is 12.4 Å². The van der Waals surface area contributed by atoms with E-state index in [0.29, 0.717) is 11.1 Å². The molecule has 0 aliphatic rings. The zero-order chi connectivity index (χ0) is 16.0. The summed E-state index contributed by atoms with van der Waals surface area (Å²) in [6.45, 7) is 5.40. The number of amides is 2. The SMILES string of the molecule is Cc1ccc(CNC(=O)CNC(=O)[C@@H](N)C(C)C)cc1F.Cl. The van der Waals surface area contributed by atoms with Crippen molar-refractivity contribution in [2.75, 3.05) is 6.54 Å². The summed E-state index contributed by atoms with van der Waals surface area (Å²) in [4.78, 5) is 23.2. The zero-order valence-electron chi connectivity index (χ0n) is 13.0. The number of hydrogen-bond acceptors (Lipinski definition) is 3. The molecule has 0 aliphatic heterocycles. The molecular formula is C15H23ClFN3O2. The van der Waals surface area contributed by atoms with Crippen LogP contribution >= 0.6 is 12.4 Å². The van der Waals surface area contributed by atoms with Crippen LogP contribution < -0.4 is 16.4 Å². The fourth-order valence-electron chi connectivity index (χ4n) is 1.60. The Morgan fingerprint density at radius 3 is 2.45 bits per heavy atom. The van der Waals surface area contributed by atoms with Gasteiger partial charge in [-0.2, -0.15) is 0 Å². The molecule has 0 aliphatic carbocycles. The van der Waals surface area contributed by atoms with E-state index in [1.54, 1.807) is 19.1 Å². The predicted molar refractivity (Wildman–Crippen MR) is 86.1 cm³/mol. The highest BCUT2D eigenvalue weighted by molar-refractivity contribution is 5.87. The summed E-state index contributed by atoms with van der Waals surface area (Å²) in [5, 5.41) is 5.08. The van der Waals surface area contributed by atoms with Crippen molar-refractivity contribution >= 4 is 24.2 Å². The van der Waals surface area contributed by atoms with Gasteiger partial charge in [0.2, 0.25) is 11.8 Å². The fourth-order valence-corrected chi connectivity index (χ4v) is 1.60. The van der Waals surface area contributed by atoms with Crippen LogP contribution in [0.1, 0.15) is 25.0 Å². The lowest BCUT2D eigenvalue weighted by Gasteiger charge is -2.15. The fraction of sp³-hybridized carbons (Fsp3) is 0.467. The second-order valence-electron chi connectivity index (χ2n) is 5.35. The summed E-state index contributed by atoms with van der Waals surface area (Å²) >= 11 is 0. The Kier molecular flexibility index (Phi) is 8.67. The van der Waals surface area contributed by atoms with Gasteiger partial charge in [0.05, 0.1) is 12.6 Å². The molecule has 4 N–H and O–H groups in total. The average Bonchev–Trinajstić information content (AvgIpc) is 2.44. The van der Waals surface area contributed by atoms with Crippen LogP contribution in [-0.4, -0.2) is 24.4 Å². The molecule has 0 bridgehead atoms. The molecule has 0 saturated carbocycles. The Bertz CT molecular complexity index is 524. The quantitative estimate of drug-likeness (QED) is 0.734. The first kappa shape index (κ1) is 20.3. The Morgan fingerprint density at radius 2 is 1.91 bits per heavy atom. The van der Waals surface area contributed by atoms with E-state index >= 15 is 0 Å². The van der Waals surface area contributed by atoms with Crippen molar-refractivity contribution in [1.82, 2.24) is 10.6 Å². The molecule has 22 heavy (non-hydrogen) atoms. The second-order valence-corrected chi connectivity index (χ2v) is 5.35. The van der Waals surface area contributed by atoms with Crippen molar-refractivity contribution in [1.29, 1.82) is 0 Å². The van der Waals surface area contributed by atoms with Crippen LogP contribution in [0.5, 0.6) is 0 Å². The van der Waals surface area contributed by atoms with Gasteiger partial charge in [-0.3, -0.25) is 9.59 Å². The largest absolute Gasteiger partial charge is 0.350 e. The topological polar surface area (TPSA) is 84.2 Å². The Hall–Kier alpha value is -1.66. The molecule has 7 heteroatoms. The number of rotatable bonds is 6. The van der Waals surface area contributed by atoms with Gasteiger partial charge < -0.3 is 16.4 Å². The number of nitrogens with one attached hydrogen (secondary N) is 2. The van der Waals surface area contributed by atoms with Crippen molar-refractivity contribution in [2.45, 2.75) is 33.4 Å². The van der Waals surface area contributed by atoms with Gasteiger partial charge in [0.1, 0.15) is 5.82 Å². The van der Waals surface area contributed by atoms with E-state index < -0.39 is 6.04 Å². The van der Waals surface area contributed by atoms with Crippen LogP contribution in [0.3, 0.4) is 0 Å². The molecule has 0 radical (unpaired) electrons. The predicted octanol–water partition coefficient (Wildman–Crippen LogP) is 1.27. The normalized spacial score (nSPS) is 11.5. The average molecular weight is 332 g/mol. The van der Waals surface area contributed by atoms with E-state index in [1.165, 1.54) is 6.07 Å². The molecule has 0 spiro atoms. The number of hydrogen-bond donors (Lipinski definition) is 3. The molecule has 2 amide bonds. The number of aryl methyl sites for hydroxylation is 1. The van der Waals surface area contributed by atoms with Gasteiger partial charge in [-0.25, -0.2) is 4.39 Å². The van der Waals surface area contributed by atoms with Crippen LogP contribution in [0.25, 0.3) is 0 Å². The molecule has 0 saturated heterocycles. The molecule has 1 aromatic rings.